The van der Waals surface area contributed by atoms with Crippen molar-refractivity contribution in [1.82, 2.24) is 5.32 Å². The van der Waals surface area contributed by atoms with Crippen molar-refractivity contribution in [2.75, 3.05) is 13.2 Å². The van der Waals surface area contributed by atoms with E-state index in [9.17, 15) is 19.8 Å². The number of aliphatic hydroxyl groups is 2. The average molecular weight is 991 g/mol. The molecule has 1 amide bonds. The standard InChI is InChI=1S/C64H127NO5/c1-3-5-7-9-11-13-15-16-17-18-24-28-31-34-38-42-46-50-54-58-64(69)70-59-55-51-47-43-39-35-32-29-26-23-21-19-20-22-25-27-30-33-37-41-45-49-53-57-63(68)65-61(60-66)62(67)56-52-48-44-40-36-14-12-10-8-6-4-2/h61-62,66-67H,3-60H2,1-2H3,(H,65,68). The first kappa shape index (κ1) is 68.9. The van der Waals surface area contributed by atoms with Crippen molar-refractivity contribution in [3.63, 3.8) is 0 Å². The van der Waals surface area contributed by atoms with Crippen LogP contribution in [0.4, 0.5) is 0 Å². The number of amides is 1. The Hall–Kier alpha value is -1.14. The van der Waals surface area contributed by atoms with Gasteiger partial charge in [0.05, 0.1) is 25.4 Å². The fourth-order valence-corrected chi connectivity index (χ4v) is 10.5. The van der Waals surface area contributed by atoms with Gasteiger partial charge in [-0.15, -0.1) is 0 Å². The first-order valence-electron chi connectivity index (χ1n) is 32.3. The smallest absolute Gasteiger partial charge is 0.305 e. The third kappa shape index (κ3) is 56.2. The zero-order valence-electron chi connectivity index (χ0n) is 47.8. The largest absolute Gasteiger partial charge is 0.466 e. The molecular formula is C64H127NO5. The van der Waals surface area contributed by atoms with E-state index in [-0.39, 0.29) is 18.5 Å². The number of aliphatic hydroxyl groups excluding tert-OH is 2. The second-order valence-corrected chi connectivity index (χ2v) is 22.5. The lowest BCUT2D eigenvalue weighted by atomic mass is 10.0. The molecule has 6 heteroatoms. The van der Waals surface area contributed by atoms with Crippen LogP contribution in [0.3, 0.4) is 0 Å². The number of carbonyl (C=O) groups is 2. The normalized spacial score (nSPS) is 12.5. The summed E-state index contributed by atoms with van der Waals surface area (Å²) in [4.78, 5) is 24.6. The summed E-state index contributed by atoms with van der Waals surface area (Å²) in [6.07, 6.45) is 71.3. The van der Waals surface area contributed by atoms with E-state index in [0.29, 0.717) is 25.9 Å². The van der Waals surface area contributed by atoms with Gasteiger partial charge in [-0.25, -0.2) is 0 Å². The van der Waals surface area contributed by atoms with Crippen LogP contribution in [0.25, 0.3) is 0 Å². The summed E-state index contributed by atoms with van der Waals surface area (Å²) < 4.78 is 5.51. The van der Waals surface area contributed by atoms with E-state index in [1.54, 1.807) is 0 Å². The number of nitrogens with one attached hydrogen (secondary N) is 1. The molecule has 2 atom stereocenters. The van der Waals surface area contributed by atoms with Gasteiger partial charge < -0.3 is 20.3 Å². The number of ether oxygens (including phenoxy) is 1. The van der Waals surface area contributed by atoms with Crippen LogP contribution >= 0.6 is 0 Å². The molecule has 2 unspecified atom stereocenters. The minimum atomic E-state index is -0.661. The van der Waals surface area contributed by atoms with E-state index in [2.05, 4.69) is 19.2 Å². The topological polar surface area (TPSA) is 95.9 Å². The molecule has 6 nitrogen and oxygen atoms in total. The van der Waals surface area contributed by atoms with E-state index in [4.69, 9.17) is 4.74 Å². The summed E-state index contributed by atoms with van der Waals surface area (Å²) in [5, 5.41) is 23.2. The van der Waals surface area contributed by atoms with Gasteiger partial charge in [0.15, 0.2) is 0 Å². The second kappa shape index (κ2) is 60.4. The molecule has 0 fully saturated rings. The highest BCUT2D eigenvalue weighted by Gasteiger charge is 2.20. The number of carbonyl (C=O) groups excluding carboxylic acids is 2. The number of unbranched alkanes of at least 4 members (excludes halogenated alkanes) is 50. The van der Waals surface area contributed by atoms with Crippen molar-refractivity contribution in [1.29, 1.82) is 0 Å². The highest BCUT2D eigenvalue weighted by molar-refractivity contribution is 5.76. The fourth-order valence-electron chi connectivity index (χ4n) is 10.5. The second-order valence-electron chi connectivity index (χ2n) is 22.5. The molecule has 0 saturated carbocycles. The first-order valence-corrected chi connectivity index (χ1v) is 32.3. The number of hydrogen-bond acceptors (Lipinski definition) is 5. The Kier molecular flexibility index (Phi) is 59.4. The van der Waals surface area contributed by atoms with Crippen molar-refractivity contribution in [2.24, 2.45) is 0 Å². The van der Waals surface area contributed by atoms with E-state index in [1.807, 2.05) is 0 Å². The van der Waals surface area contributed by atoms with E-state index >= 15 is 0 Å². The van der Waals surface area contributed by atoms with E-state index < -0.39 is 12.1 Å². The third-order valence-corrected chi connectivity index (χ3v) is 15.4. The van der Waals surface area contributed by atoms with Crippen LogP contribution in [-0.2, 0) is 14.3 Å². The van der Waals surface area contributed by atoms with E-state index in [1.165, 1.54) is 302 Å². The summed E-state index contributed by atoms with van der Waals surface area (Å²) >= 11 is 0. The van der Waals surface area contributed by atoms with Crippen LogP contribution in [-0.4, -0.2) is 47.4 Å². The average Bonchev–Trinajstić information content (AvgIpc) is 3.36. The Morgan fingerprint density at radius 1 is 0.343 bits per heavy atom. The number of hydrogen-bond donors (Lipinski definition) is 3. The van der Waals surface area contributed by atoms with Gasteiger partial charge in [-0.3, -0.25) is 9.59 Å². The molecule has 0 bridgehead atoms. The van der Waals surface area contributed by atoms with E-state index in [0.717, 1.165) is 38.5 Å². The monoisotopic (exact) mass is 990 g/mol. The molecule has 0 aliphatic heterocycles. The molecule has 0 aliphatic rings. The lowest BCUT2D eigenvalue weighted by Gasteiger charge is -2.22. The van der Waals surface area contributed by atoms with Crippen LogP contribution < -0.4 is 5.32 Å². The van der Waals surface area contributed by atoms with Crippen LogP contribution in [0.5, 0.6) is 0 Å². The highest BCUT2D eigenvalue weighted by atomic mass is 16.5. The summed E-state index contributed by atoms with van der Waals surface area (Å²) in [5.74, 6) is -0.0129. The highest BCUT2D eigenvalue weighted by Crippen LogP contribution is 2.19. The number of rotatable bonds is 61. The predicted octanol–water partition coefficient (Wildman–Crippen LogP) is 20.3. The quantitative estimate of drug-likeness (QED) is 0.0417. The third-order valence-electron chi connectivity index (χ3n) is 15.4. The Bertz CT molecular complexity index is 1010. The summed E-state index contributed by atoms with van der Waals surface area (Å²) in [5.41, 5.74) is 0. The molecule has 0 aromatic rings. The SMILES string of the molecule is CCCCCCCCCCCCCCCCCCCCCC(=O)OCCCCCCCCCCCCCCCCCCCCCCCCCC(=O)NC(CO)C(O)CCCCCCCCCCCCC. The minimum Gasteiger partial charge on any atom is -0.466 e. The van der Waals surface area contributed by atoms with Crippen LogP contribution in [0.1, 0.15) is 373 Å². The van der Waals surface area contributed by atoms with Gasteiger partial charge in [0, 0.05) is 12.8 Å². The van der Waals surface area contributed by atoms with Gasteiger partial charge in [0.25, 0.3) is 0 Å². The zero-order valence-corrected chi connectivity index (χ0v) is 47.8. The predicted molar refractivity (Wildman–Crippen MR) is 306 cm³/mol. The molecule has 0 heterocycles. The van der Waals surface area contributed by atoms with Crippen molar-refractivity contribution in [3.05, 3.63) is 0 Å². The van der Waals surface area contributed by atoms with Gasteiger partial charge in [-0.1, -0.05) is 335 Å². The molecule has 0 radical (unpaired) electrons. The molecular weight excluding hydrogens is 863 g/mol. The van der Waals surface area contributed by atoms with Crippen LogP contribution in [0.15, 0.2) is 0 Å². The van der Waals surface area contributed by atoms with Crippen molar-refractivity contribution < 1.29 is 24.5 Å². The van der Waals surface area contributed by atoms with Gasteiger partial charge >= 0.3 is 5.97 Å². The van der Waals surface area contributed by atoms with Crippen molar-refractivity contribution in [2.45, 2.75) is 386 Å². The van der Waals surface area contributed by atoms with Crippen LogP contribution in [0, 0.1) is 0 Å². The first-order chi connectivity index (χ1) is 34.5. The maximum Gasteiger partial charge on any atom is 0.305 e. The van der Waals surface area contributed by atoms with Gasteiger partial charge in [0.1, 0.15) is 0 Å². The molecule has 0 spiro atoms. The maximum atomic E-state index is 12.4. The van der Waals surface area contributed by atoms with Crippen molar-refractivity contribution >= 4 is 11.9 Å². The molecule has 0 rings (SSSR count). The molecule has 0 saturated heterocycles. The summed E-state index contributed by atoms with van der Waals surface area (Å²) in [6.45, 7) is 4.98. The van der Waals surface area contributed by atoms with Gasteiger partial charge in [-0.2, -0.15) is 0 Å². The fraction of sp³-hybridized carbons (Fsp3) is 0.969. The minimum absolute atomic E-state index is 0.0202. The summed E-state index contributed by atoms with van der Waals surface area (Å²) in [6, 6.07) is -0.538. The Labute approximate surface area is 438 Å². The molecule has 0 aromatic carbocycles. The Morgan fingerprint density at radius 2 is 0.586 bits per heavy atom. The molecule has 0 aromatic heterocycles. The van der Waals surface area contributed by atoms with Gasteiger partial charge in [0.2, 0.25) is 5.91 Å². The zero-order chi connectivity index (χ0) is 50.7. The van der Waals surface area contributed by atoms with Gasteiger partial charge in [-0.05, 0) is 25.7 Å². The molecule has 70 heavy (non-hydrogen) atoms. The summed E-state index contributed by atoms with van der Waals surface area (Å²) in [7, 11) is 0. The lowest BCUT2D eigenvalue weighted by molar-refractivity contribution is -0.143. The maximum absolute atomic E-state index is 12.4. The lowest BCUT2D eigenvalue weighted by Crippen LogP contribution is -2.45. The molecule has 3 N–H and O–H groups in total. The number of esters is 1. The van der Waals surface area contributed by atoms with Crippen molar-refractivity contribution in [3.8, 4) is 0 Å². The van der Waals surface area contributed by atoms with Crippen LogP contribution in [0.2, 0.25) is 0 Å². The Balaban J connectivity index is 3.31. The molecule has 0 aliphatic carbocycles. The molecule has 418 valence electrons. The Morgan fingerprint density at radius 3 is 0.871 bits per heavy atom.